The minimum absolute atomic E-state index is 0.468. The first-order valence-electron chi connectivity index (χ1n) is 6.37. The molecule has 2 fully saturated rings. The Balaban J connectivity index is 1.78. The molecule has 2 aliphatic heterocycles. The highest BCUT2D eigenvalue weighted by Crippen LogP contribution is 2.17. The van der Waals surface area contributed by atoms with Gasteiger partial charge in [0.05, 0.1) is 12.7 Å². The number of hydrogen-bond donors (Lipinski definition) is 1. The van der Waals surface area contributed by atoms with Gasteiger partial charge in [0.15, 0.2) is 0 Å². The number of nitrogens with zero attached hydrogens (tertiary/aromatic N) is 1. The molecule has 0 aromatic heterocycles. The van der Waals surface area contributed by atoms with Crippen molar-refractivity contribution in [1.29, 1.82) is 0 Å². The smallest absolute Gasteiger partial charge is 0.0700 e. The molecule has 3 atom stereocenters. The van der Waals surface area contributed by atoms with Crippen molar-refractivity contribution in [3.05, 3.63) is 0 Å². The van der Waals surface area contributed by atoms with Crippen LogP contribution in [0.4, 0.5) is 0 Å². The Morgan fingerprint density at radius 3 is 3.00 bits per heavy atom. The summed E-state index contributed by atoms with van der Waals surface area (Å²) in [6, 6.07) is 0.709. The van der Waals surface area contributed by atoms with E-state index in [0.29, 0.717) is 12.1 Å². The molecule has 0 aromatic carbocycles. The molecule has 2 heterocycles. The molecule has 2 saturated heterocycles. The fourth-order valence-corrected chi connectivity index (χ4v) is 2.61. The maximum absolute atomic E-state index is 5.69. The number of morpholine rings is 1. The van der Waals surface area contributed by atoms with E-state index >= 15 is 0 Å². The molecule has 3 nitrogen and oxygen atoms in total. The topological polar surface area (TPSA) is 24.5 Å². The molecular weight excluding hydrogens is 188 g/mol. The van der Waals surface area contributed by atoms with E-state index < -0.39 is 0 Å². The highest BCUT2D eigenvalue weighted by atomic mass is 16.5. The largest absolute Gasteiger partial charge is 0.376 e. The summed E-state index contributed by atoms with van der Waals surface area (Å²) in [4.78, 5) is 2.57. The maximum Gasteiger partial charge on any atom is 0.0700 e. The minimum atomic E-state index is 0.468. The summed E-state index contributed by atoms with van der Waals surface area (Å²) in [5, 5.41) is 3.60. The minimum Gasteiger partial charge on any atom is -0.376 e. The standard InChI is InChI=1S/C12H24N2O/c1-3-11-8-14(6-7-15-11)9-12-10(2)4-5-13-12/h10-13H,3-9H2,1-2H3. The number of ether oxygens (including phenoxy) is 1. The highest BCUT2D eigenvalue weighted by Gasteiger charge is 2.27. The molecular formula is C12H24N2O. The summed E-state index contributed by atoms with van der Waals surface area (Å²) >= 11 is 0. The van der Waals surface area contributed by atoms with Gasteiger partial charge < -0.3 is 10.1 Å². The van der Waals surface area contributed by atoms with Crippen LogP contribution in [0.2, 0.25) is 0 Å². The Kier molecular flexibility index (Phi) is 4.00. The van der Waals surface area contributed by atoms with E-state index in [1.165, 1.54) is 19.5 Å². The van der Waals surface area contributed by atoms with Crippen molar-refractivity contribution in [2.24, 2.45) is 5.92 Å². The summed E-state index contributed by atoms with van der Waals surface area (Å²) in [5.41, 5.74) is 0. The van der Waals surface area contributed by atoms with Crippen molar-refractivity contribution in [3.63, 3.8) is 0 Å². The molecule has 1 N–H and O–H groups in total. The monoisotopic (exact) mass is 212 g/mol. The van der Waals surface area contributed by atoms with Crippen molar-refractivity contribution in [1.82, 2.24) is 10.2 Å². The summed E-state index contributed by atoms with van der Waals surface area (Å²) in [6.07, 6.45) is 2.95. The van der Waals surface area contributed by atoms with Crippen LogP contribution in [0.25, 0.3) is 0 Å². The van der Waals surface area contributed by atoms with Crippen LogP contribution in [0.1, 0.15) is 26.7 Å². The molecule has 3 heteroatoms. The van der Waals surface area contributed by atoms with Gasteiger partial charge in [-0.2, -0.15) is 0 Å². The second-order valence-electron chi connectivity index (χ2n) is 4.99. The molecule has 0 aliphatic carbocycles. The van der Waals surface area contributed by atoms with Crippen LogP contribution in [0, 0.1) is 5.92 Å². The van der Waals surface area contributed by atoms with Gasteiger partial charge in [0, 0.05) is 25.7 Å². The van der Waals surface area contributed by atoms with Crippen LogP contribution in [-0.2, 0) is 4.74 Å². The third kappa shape index (κ3) is 2.92. The second-order valence-corrected chi connectivity index (χ2v) is 4.99. The van der Waals surface area contributed by atoms with Gasteiger partial charge in [0.1, 0.15) is 0 Å². The lowest BCUT2D eigenvalue weighted by molar-refractivity contribution is -0.0326. The lowest BCUT2D eigenvalue weighted by Crippen LogP contribution is -2.48. The first-order valence-corrected chi connectivity index (χ1v) is 6.37. The molecule has 15 heavy (non-hydrogen) atoms. The van der Waals surface area contributed by atoms with E-state index in [2.05, 4.69) is 24.1 Å². The Labute approximate surface area is 93.2 Å². The van der Waals surface area contributed by atoms with E-state index in [9.17, 15) is 0 Å². The van der Waals surface area contributed by atoms with Crippen LogP contribution >= 0.6 is 0 Å². The quantitative estimate of drug-likeness (QED) is 0.758. The number of rotatable bonds is 3. The van der Waals surface area contributed by atoms with Crippen LogP contribution in [0.15, 0.2) is 0 Å². The van der Waals surface area contributed by atoms with E-state index in [1.54, 1.807) is 0 Å². The summed E-state index contributed by atoms with van der Waals surface area (Å²) in [5.74, 6) is 0.841. The Morgan fingerprint density at radius 1 is 1.47 bits per heavy atom. The van der Waals surface area contributed by atoms with Gasteiger partial charge >= 0.3 is 0 Å². The molecule has 2 aliphatic rings. The summed E-state index contributed by atoms with van der Waals surface area (Å²) in [6.45, 7) is 10.1. The molecule has 0 aromatic rings. The molecule has 0 spiro atoms. The summed E-state index contributed by atoms with van der Waals surface area (Å²) in [7, 11) is 0. The fraction of sp³-hybridized carbons (Fsp3) is 1.00. The zero-order chi connectivity index (χ0) is 10.7. The Morgan fingerprint density at radius 2 is 2.33 bits per heavy atom. The van der Waals surface area contributed by atoms with Crippen molar-refractivity contribution in [2.75, 3.05) is 32.8 Å². The third-order valence-corrected chi connectivity index (χ3v) is 3.83. The molecule has 0 saturated carbocycles. The van der Waals surface area contributed by atoms with E-state index in [4.69, 9.17) is 4.74 Å². The lowest BCUT2D eigenvalue weighted by atomic mass is 10.0. The zero-order valence-corrected chi connectivity index (χ0v) is 10.0. The highest BCUT2D eigenvalue weighted by molar-refractivity contribution is 4.85. The van der Waals surface area contributed by atoms with Gasteiger partial charge in [-0.15, -0.1) is 0 Å². The first-order chi connectivity index (χ1) is 7.29. The second kappa shape index (κ2) is 5.28. The Bertz CT molecular complexity index is 198. The molecule has 3 unspecified atom stereocenters. The van der Waals surface area contributed by atoms with Crippen molar-refractivity contribution >= 4 is 0 Å². The van der Waals surface area contributed by atoms with Gasteiger partial charge in [0.2, 0.25) is 0 Å². The van der Waals surface area contributed by atoms with Gasteiger partial charge in [-0.3, -0.25) is 4.90 Å². The fourth-order valence-electron chi connectivity index (χ4n) is 2.61. The van der Waals surface area contributed by atoms with Crippen LogP contribution in [0.5, 0.6) is 0 Å². The van der Waals surface area contributed by atoms with Crippen molar-refractivity contribution in [2.45, 2.75) is 38.8 Å². The average Bonchev–Trinajstić information content (AvgIpc) is 2.65. The van der Waals surface area contributed by atoms with Gasteiger partial charge in [-0.25, -0.2) is 0 Å². The van der Waals surface area contributed by atoms with E-state index in [0.717, 1.165) is 32.0 Å². The predicted octanol–water partition coefficient (Wildman–Crippen LogP) is 1.10. The molecule has 0 bridgehead atoms. The number of nitrogens with one attached hydrogen (secondary N) is 1. The third-order valence-electron chi connectivity index (χ3n) is 3.83. The first kappa shape index (κ1) is 11.4. The number of hydrogen-bond acceptors (Lipinski definition) is 3. The van der Waals surface area contributed by atoms with Crippen LogP contribution < -0.4 is 5.32 Å². The van der Waals surface area contributed by atoms with Crippen LogP contribution in [-0.4, -0.2) is 49.8 Å². The zero-order valence-electron chi connectivity index (χ0n) is 10.0. The lowest BCUT2D eigenvalue weighted by Gasteiger charge is -2.34. The van der Waals surface area contributed by atoms with E-state index in [-0.39, 0.29) is 0 Å². The van der Waals surface area contributed by atoms with Gasteiger partial charge in [0.25, 0.3) is 0 Å². The predicted molar refractivity (Wildman–Crippen MR) is 62.0 cm³/mol. The average molecular weight is 212 g/mol. The molecule has 88 valence electrons. The van der Waals surface area contributed by atoms with Crippen LogP contribution in [0.3, 0.4) is 0 Å². The molecule has 0 radical (unpaired) electrons. The van der Waals surface area contributed by atoms with Crippen molar-refractivity contribution < 1.29 is 4.74 Å². The van der Waals surface area contributed by atoms with Gasteiger partial charge in [-0.05, 0) is 25.3 Å². The summed E-state index contributed by atoms with van der Waals surface area (Å²) < 4.78 is 5.69. The van der Waals surface area contributed by atoms with Crippen molar-refractivity contribution in [3.8, 4) is 0 Å². The van der Waals surface area contributed by atoms with E-state index in [1.807, 2.05) is 0 Å². The normalized spacial score (nSPS) is 38.4. The van der Waals surface area contributed by atoms with Gasteiger partial charge in [-0.1, -0.05) is 13.8 Å². The molecule has 2 rings (SSSR count). The SMILES string of the molecule is CCC1CN(CC2NCCC2C)CCO1. The Hall–Kier alpha value is -0.120. The molecule has 0 amide bonds. The maximum atomic E-state index is 5.69.